The lowest BCUT2D eigenvalue weighted by atomic mass is 10.0. The number of hydrogen-bond donors (Lipinski definition) is 1. The van der Waals surface area contributed by atoms with E-state index in [1.54, 1.807) is 6.92 Å². The SMILES string of the molecule is CCOC(=O)/C(Cl)=N/Nc1ccccc1Cc1ccccc1. The Labute approximate surface area is 134 Å². The summed E-state index contributed by atoms with van der Waals surface area (Å²) in [7, 11) is 0. The molecule has 0 spiro atoms. The van der Waals surface area contributed by atoms with E-state index in [-0.39, 0.29) is 11.8 Å². The Morgan fingerprint density at radius 1 is 1.14 bits per heavy atom. The van der Waals surface area contributed by atoms with E-state index in [0.717, 1.165) is 17.7 Å². The molecule has 1 N–H and O–H groups in total. The van der Waals surface area contributed by atoms with Crippen molar-refractivity contribution in [3.63, 3.8) is 0 Å². The smallest absolute Gasteiger partial charge is 0.370 e. The fourth-order valence-electron chi connectivity index (χ4n) is 1.94. The number of halogens is 1. The van der Waals surface area contributed by atoms with Crippen molar-refractivity contribution in [3.8, 4) is 0 Å². The molecule has 5 heteroatoms. The number of carbonyl (C=O) groups excluding carboxylic acids is 1. The maximum absolute atomic E-state index is 11.4. The lowest BCUT2D eigenvalue weighted by molar-refractivity contribution is -0.134. The molecule has 0 saturated heterocycles. The van der Waals surface area contributed by atoms with Crippen LogP contribution in [-0.4, -0.2) is 17.7 Å². The van der Waals surface area contributed by atoms with Crippen molar-refractivity contribution in [1.82, 2.24) is 0 Å². The van der Waals surface area contributed by atoms with Crippen molar-refractivity contribution >= 4 is 28.4 Å². The van der Waals surface area contributed by atoms with Crippen molar-refractivity contribution < 1.29 is 9.53 Å². The van der Waals surface area contributed by atoms with Crippen LogP contribution < -0.4 is 5.43 Å². The van der Waals surface area contributed by atoms with E-state index in [4.69, 9.17) is 16.3 Å². The largest absolute Gasteiger partial charge is 0.461 e. The summed E-state index contributed by atoms with van der Waals surface area (Å²) in [5, 5.41) is 3.65. The zero-order valence-electron chi connectivity index (χ0n) is 12.3. The van der Waals surface area contributed by atoms with Crippen molar-refractivity contribution in [2.24, 2.45) is 5.10 Å². The van der Waals surface area contributed by atoms with Gasteiger partial charge >= 0.3 is 5.97 Å². The first kappa shape index (κ1) is 16.0. The molecule has 0 amide bonds. The predicted molar refractivity (Wildman–Crippen MR) is 89.2 cm³/mol. The number of nitrogens with zero attached hydrogens (tertiary/aromatic N) is 1. The molecule has 2 rings (SSSR count). The molecule has 0 aromatic heterocycles. The van der Waals surface area contributed by atoms with Gasteiger partial charge in [0.25, 0.3) is 0 Å². The molecule has 0 aliphatic carbocycles. The molecule has 2 aromatic rings. The minimum Gasteiger partial charge on any atom is -0.461 e. The van der Waals surface area contributed by atoms with Crippen molar-refractivity contribution in [3.05, 3.63) is 65.7 Å². The second-order valence-electron chi connectivity index (χ2n) is 4.55. The van der Waals surface area contributed by atoms with E-state index in [1.165, 1.54) is 5.56 Å². The van der Waals surface area contributed by atoms with Crippen LogP contribution in [0.2, 0.25) is 0 Å². The van der Waals surface area contributed by atoms with E-state index in [1.807, 2.05) is 42.5 Å². The van der Waals surface area contributed by atoms with Crippen LogP contribution in [0.15, 0.2) is 59.7 Å². The van der Waals surface area contributed by atoms with E-state index >= 15 is 0 Å². The van der Waals surface area contributed by atoms with Gasteiger partial charge in [-0.3, -0.25) is 5.43 Å². The summed E-state index contributed by atoms with van der Waals surface area (Å²) in [4.78, 5) is 11.4. The number of anilines is 1. The lowest BCUT2D eigenvalue weighted by Gasteiger charge is -2.09. The van der Waals surface area contributed by atoms with Crippen LogP contribution in [-0.2, 0) is 16.0 Å². The zero-order valence-corrected chi connectivity index (χ0v) is 13.0. The van der Waals surface area contributed by atoms with Crippen LogP contribution in [0.4, 0.5) is 5.69 Å². The molecule has 0 aliphatic rings. The van der Waals surface area contributed by atoms with Crippen molar-refractivity contribution in [2.45, 2.75) is 13.3 Å². The highest BCUT2D eigenvalue weighted by Gasteiger charge is 2.09. The van der Waals surface area contributed by atoms with Gasteiger partial charge in [-0.25, -0.2) is 4.79 Å². The number of carbonyl (C=O) groups is 1. The van der Waals surface area contributed by atoms with Gasteiger partial charge in [0.05, 0.1) is 12.3 Å². The van der Waals surface area contributed by atoms with E-state index in [9.17, 15) is 4.79 Å². The van der Waals surface area contributed by atoms with Crippen LogP contribution >= 0.6 is 11.6 Å². The lowest BCUT2D eigenvalue weighted by Crippen LogP contribution is -2.13. The van der Waals surface area contributed by atoms with Gasteiger partial charge in [-0.15, -0.1) is 0 Å². The number of nitrogens with one attached hydrogen (secondary N) is 1. The predicted octanol–water partition coefficient (Wildman–Crippen LogP) is 3.80. The van der Waals surface area contributed by atoms with Gasteiger partial charge < -0.3 is 4.74 Å². The second kappa shape index (κ2) is 8.20. The first-order chi connectivity index (χ1) is 10.7. The Hall–Kier alpha value is -2.33. The van der Waals surface area contributed by atoms with Gasteiger partial charge in [-0.1, -0.05) is 60.1 Å². The summed E-state index contributed by atoms with van der Waals surface area (Å²) in [5.41, 5.74) is 5.88. The van der Waals surface area contributed by atoms with Crippen molar-refractivity contribution in [1.29, 1.82) is 0 Å². The Bertz CT molecular complexity index is 657. The summed E-state index contributed by atoms with van der Waals surface area (Å²) >= 11 is 5.79. The average Bonchev–Trinajstić information content (AvgIpc) is 2.55. The molecule has 0 saturated carbocycles. The topological polar surface area (TPSA) is 50.7 Å². The molecule has 0 radical (unpaired) electrons. The molecule has 0 heterocycles. The first-order valence-corrected chi connectivity index (χ1v) is 7.36. The summed E-state index contributed by atoms with van der Waals surface area (Å²) < 4.78 is 4.78. The molecule has 0 unspecified atom stereocenters. The Morgan fingerprint density at radius 3 is 2.55 bits per heavy atom. The van der Waals surface area contributed by atoms with E-state index in [0.29, 0.717) is 0 Å². The minimum atomic E-state index is -0.641. The van der Waals surface area contributed by atoms with E-state index < -0.39 is 5.97 Å². The number of esters is 1. The highest BCUT2D eigenvalue weighted by Crippen LogP contribution is 2.19. The molecule has 0 aliphatic heterocycles. The van der Waals surface area contributed by atoms with Crippen LogP contribution in [0.5, 0.6) is 0 Å². The highest BCUT2D eigenvalue weighted by molar-refractivity contribution is 6.82. The van der Waals surface area contributed by atoms with Gasteiger partial charge in [-0.2, -0.15) is 5.10 Å². The fourth-order valence-corrected chi connectivity index (χ4v) is 2.04. The summed E-state index contributed by atoms with van der Waals surface area (Å²) in [6.45, 7) is 1.97. The maximum atomic E-state index is 11.4. The van der Waals surface area contributed by atoms with Crippen molar-refractivity contribution in [2.75, 3.05) is 12.0 Å². The number of rotatable bonds is 6. The Morgan fingerprint density at radius 2 is 1.82 bits per heavy atom. The monoisotopic (exact) mass is 316 g/mol. The average molecular weight is 317 g/mol. The summed E-state index contributed by atoms with van der Waals surface area (Å²) in [6.07, 6.45) is 0.760. The normalized spacial score (nSPS) is 11.1. The quantitative estimate of drug-likeness (QED) is 0.501. The van der Waals surface area contributed by atoms with Gasteiger partial charge in [0.2, 0.25) is 5.17 Å². The van der Waals surface area contributed by atoms with Gasteiger partial charge in [0.15, 0.2) is 0 Å². The molecule has 22 heavy (non-hydrogen) atoms. The third-order valence-corrected chi connectivity index (χ3v) is 3.21. The fraction of sp³-hybridized carbons (Fsp3) is 0.176. The van der Waals surface area contributed by atoms with Crippen LogP contribution in [0.3, 0.4) is 0 Å². The number of hydrazone groups is 1. The molecule has 4 nitrogen and oxygen atoms in total. The molecule has 0 fully saturated rings. The molecular weight excluding hydrogens is 300 g/mol. The third kappa shape index (κ3) is 4.60. The molecule has 0 atom stereocenters. The zero-order chi connectivity index (χ0) is 15.8. The first-order valence-electron chi connectivity index (χ1n) is 6.99. The third-order valence-electron chi connectivity index (χ3n) is 2.97. The standard InChI is InChI=1S/C17H17ClN2O2/c1-2-22-17(21)16(18)20-19-15-11-7-6-10-14(15)12-13-8-4-3-5-9-13/h3-11,19H,2,12H2,1H3/b20-16-. The van der Waals surface area contributed by atoms with E-state index in [2.05, 4.69) is 22.7 Å². The Kier molecular flexibility index (Phi) is 5.98. The summed E-state index contributed by atoms with van der Waals surface area (Å²) in [6, 6.07) is 17.8. The van der Waals surface area contributed by atoms with Crippen LogP contribution in [0, 0.1) is 0 Å². The number of hydrogen-bond acceptors (Lipinski definition) is 4. The number of ether oxygens (including phenoxy) is 1. The molecule has 114 valence electrons. The Balaban J connectivity index is 2.12. The van der Waals surface area contributed by atoms with Gasteiger partial charge in [0.1, 0.15) is 0 Å². The maximum Gasteiger partial charge on any atom is 0.370 e. The number of benzene rings is 2. The minimum absolute atomic E-state index is 0.226. The summed E-state index contributed by atoms with van der Waals surface area (Å²) in [5.74, 6) is -0.641. The van der Waals surface area contributed by atoms with Crippen LogP contribution in [0.25, 0.3) is 0 Å². The van der Waals surface area contributed by atoms with Crippen LogP contribution in [0.1, 0.15) is 18.1 Å². The second-order valence-corrected chi connectivity index (χ2v) is 4.91. The van der Waals surface area contributed by atoms with Gasteiger partial charge in [-0.05, 0) is 30.5 Å². The molecular formula is C17H17ClN2O2. The number of para-hydroxylation sites is 1. The van der Waals surface area contributed by atoms with Gasteiger partial charge in [0, 0.05) is 0 Å². The highest BCUT2D eigenvalue weighted by atomic mass is 35.5. The molecule has 2 aromatic carbocycles. The molecule has 0 bridgehead atoms.